The second-order valence-electron chi connectivity index (χ2n) is 5.88. The zero-order chi connectivity index (χ0) is 18.1. The molecule has 0 bridgehead atoms. The molecule has 5 heteroatoms. The maximum Gasteiger partial charge on any atom is 0.251 e. The molecular weight excluding hydrogens is 314 g/mol. The minimum atomic E-state index is -0.109. The van der Waals surface area contributed by atoms with Gasteiger partial charge in [0.15, 0.2) is 0 Å². The molecule has 0 fully saturated rings. The molecule has 1 aromatic carbocycles. The Kier molecular flexibility index (Phi) is 7.26. The molecule has 25 heavy (non-hydrogen) atoms. The fourth-order valence-corrected chi connectivity index (χ4v) is 2.74. The Balaban J connectivity index is 2.07. The second-order valence-corrected chi connectivity index (χ2v) is 5.88. The van der Waals surface area contributed by atoms with Crippen LogP contribution in [0, 0.1) is 0 Å². The molecule has 2 rings (SSSR count). The molecule has 2 aromatic rings. The van der Waals surface area contributed by atoms with Crippen LogP contribution in [0.3, 0.4) is 0 Å². The largest absolute Gasteiger partial charge is 0.496 e. The highest BCUT2D eigenvalue weighted by atomic mass is 16.5. The number of aromatic nitrogens is 1. The number of anilines is 1. The predicted octanol–water partition coefficient (Wildman–Crippen LogP) is 3.65. The first kappa shape index (κ1) is 18.8. The van der Waals surface area contributed by atoms with E-state index in [0.29, 0.717) is 12.1 Å². The van der Waals surface area contributed by atoms with Crippen molar-refractivity contribution in [2.75, 3.05) is 25.1 Å². The van der Waals surface area contributed by atoms with Crippen LogP contribution in [0.5, 0.6) is 5.75 Å². The number of methoxy groups -OCH3 is 1. The summed E-state index contributed by atoms with van der Waals surface area (Å²) in [5.74, 6) is 1.52. The number of benzene rings is 1. The molecule has 0 aliphatic rings. The SMILES string of the molecule is CCCN(CCC)c1cc(C(=O)NCc2ccccc2OC)ccn1. The van der Waals surface area contributed by atoms with Gasteiger partial charge in [0.1, 0.15) is 11.6 Å². The van der Waals surface area contributed by atoms with Gasteiger partial charge < -0.3 is 15.0 Å². The van der Waals surface area contributed by atoms with Crippen molar-refractivity contribution >= 4 is 11.7 Å². The first-order valence-electron chi connectivity index (χ1n) is 8.80. The molecule has 0 saturated carbocycles. The van der Waals surface area contributed by atoms with E-state index in [1.165, 1.54) is 0 Å². The van der Waals surface area contributed by atoms with Crippen molar-refractivity contribution in [3.8, 4) is 5.75 Å². The van der Waals surface area contributed by atoms with E-state index < -0.39 is 0 Å². The average Bonchev–Trinajstić information content (AvgIpc) is 2.66. The molecule has 134 valence electrons. The standard InChI is InChI=1S/C20H27N3O2/c1-4-12-23(13-5-2)19-14-16(10-11-21-19)20(24)22-15-17-8-6-7-9-18(17)25-3/h6-11,14H,4-5,12-13,15H2,1-3H3,(H,22,24). The van der Waals surface area contributed by atoms with Gasteiger partial charge in [-0.15, -0.1) is 0 Å². The van der Waals surface area contributed by atoms with Gasteiger partial charge in [0.05, 0.1) is 7.11 Å². The highest BCUT2D eigenvalue weighted by molar-refractivity contribution is 5.94. The fourth-order valence-electron chi connectivity index (χ4n) is 2.74. The Morgan fingerprint density at radius 3 is 2.56 bits per heavy atom. The zero-order valence-electron chi connectivity index (χ0n) is 15.3. The summed E-state index contributed by atoms with van der Waals surface area (Å²) < 4.78 is 5.32. The van der Waals surface area contributed by atoms with Gasteiger partial charge in [-0.05, 0) is 31.0 Å². The van der Waals surface area contributed by atoms with Gasteiger partial charge in [-0.2, -0.15) is 0 Å². The highest BCUT2D eigenvalue weighted by Crippen LogP contribution is 2.17. The number of para-hydroxylation sites is 1. The Morgan fingerprint density at radius 1 is 1.16 bits per heavy atom. The summed E-state index contributed by atoms with van der Waals surface area (Å²) in [6.07, 6.45) is 3.80. The molecule has 1 N–H and O–H groups in total. The molecule has 0 aliphatic heterocycles. The van der Waals surface area contributed by atoms with E-state index in [1.807, 2.05) is 30.3 Å². The summed E-state index contributed by atoms with van der Waals surface area (Å²) in [4.78, 5) is 19.2. The van der Waals surface area contributed by atoms with E-state index in [-0.39, 0.29) is 5.91 Å². The summed E-state index contributed by atoms with van der Waals surface area (Å²) in [6.45, 7) is 6.59. The van der Waals surface area contributed by atoms with Crippen molar-refractivity contribution < 1.29 is 9.53 Å². The molecule has 1 heterocycles. The summed E-state index contributed by atoms with van der Waals surface area (Å²) in [7, 11) is 1.63. The minimum Gasteiger partial charge on any atom is -0.496 e. The number of ether oxygens (including phenoxy) is 1. The second kappa shape index (κ2) is 9.67. The van der Waals surface area contributed by atoms with Gasteiger partial charge in [-0.1, -0.05) is 32.0 Å². The molecule has 0 unspecified atom stereocenters. The normalized spacial score (nSPS) is 10.4. The van der Waals surface area contributed by atoms with Gasteiger partial charge in [0, 0.05) is 37.0 Å². The third-order valence-corrected chi connectivity index (χ3v) is 3.95. The van der Waals surface area contributed by atoms with Gasteiger partial charge in [-0.25, -0.2) is 4.98 Å². The molecule has 1 amide bonds. The number of rotatable bonds is 9. The van der Waals surface area contributed by atoms with Crippen LogP contribution < -0.4 is 15.0 Å². The van der Waals surface area contributed by atoms with E-state index in [2.05, 4.69) is 29.0 Å². The van der Waals surface area contributed by atoms with Crippen molar-refractivity contribution in [1.82, 2.24) is 10.3 Å². The topological polar surface area (TPSA) is 54.5 Å². The number of hydrogen-bond donors (Lipinski definition) is 1. The third-order valence-electron chi connectivity index (χ3n) is 3.95. The van der Waals surface area contributed by atoms with Crippen LogP contribution in [0.4, 0.5) is 5.82 Å². The molecule has 0 spiro atoms. The average molecular weight is 341 g/mol. The van der Waals surface area contributed by atoms with Crippen molar-refractivity contribution in [3.05, 3.63) is 53.7 Å². The molecule has 0 atom stereocenters. The van der Waals surface area contributed by atoms with Crippen molar-refractivity contribution in [2.45, 2.75) is 33.2 Å². The number of carbonyl (C=O) groups excluding carboxylic acids is 1. The van der Waals surface area contributed by atoms with E-state index in [9.17, 15) is 4.79 Å². The first-order chi connectivity index (χ1) is 12.2. The van der Waals surface area contributed by atoms with Gasteiger partial charge >= 0.3 is 0 Å². The number of nitrogens with zero attached hydrogens (tertiary/aromatic N) is 2. The summed E-state index contributed by atoms with van der Waals surface area (Å²) in [5.41, 5.74) is 1.57. The van der Waals surface area contributed by atoms with Crippen LogP contribution >= 0.6 is 0 Å². The fraction of sp³-hybridized carbons (Fsp3) is 0.400. The lowest BCUT2D eigenvalue weighted by Gasteiger charge is -2.22. The smallest absolute Gasteiger partial charge is 0.251 e. The van der Waals surface area contributed by atoms with E-state index in [1.54, 1.807) is 19.4 Å². The number of pyridine rings is 1. The van der Waals surface area contributed by atoms with Crippen molar-refractivity contribution in [2.24, 2.45) is 0 Å². The van der Waals surface area contributed by atoms with Crippen LogP contribution in [-0.2, 0) is 6.54 Å². The monoisotopic (exact) mass is 341 g/mol. The van der Waals surface area contributed by atoms with Crippen LogP contribution in [0.25, 0.3) is 0 Å². The van der Waals surface area contributed by atoms with Crippen molar-refractivity contribution in [1.29, 1.82) is 0 Å². The number of carbonyl (C=O) groups is 1. The number of amides is 1. The molecule has 0 saturated heterocycles. The quantitative estimate of drug-likeness (QED) is 0.756. The van der Waals surface area contributed by atoms with Gasteiger partial charge in [-0.3, -0.25) is 4.79 Å². The van der Waals surface area contributed by atoms with E-state index >= 15 is 0 Å². The van der Waals surface area contributed by atoms with Crippen LogP contribution in [0.1, 0.15) is 42.6 Å². The van der Waals surface area contributed by atoms with Crippen molar-refractivity contribution in [3.63, 3.8) is 0 Å². The maximum atomic E-state index is 12.5. The first-order valence-corrected chi connectivity index (χ1v) is 8.80. The number of hydrogen-bond acceptors (Lipinski definition) is 4. The number of nitrogens with one attached hydrogen (secondary N) is 1. The Morgan fingerprint density at radius 2 is 1.88 bits per heavy atom. The van der Waals surface area contributed by atoms with Gasteiger partial charge in [0.2, 0.25) is 0 Å². The molecule has 0 aliphatic carbocycles. The maximum absolute atomic E-state index is 12.5. The summed E-state index contributed by atoms with van der Waals surface area (Å²) >= 11 is 0. The lowest BCUT2D eigenvalue weighted by molar-refractivity contribution is 0.0950. The molecule has 1 aromatic heterocycles. The molecular formula is C20H27N3O2. The zero-order valence-corrected chi connectivity index (χ0v) is 15.3. The van der Waals surface area contributed by atoms with Crippen LogP contribution in [0.15, 0.2) is 42.6 Å². The van der Waals surface area contributed by atoms with E-state index in [4.69, 9.17) is 4.74 Å². The highest BCUT2D eigenvalue weighted by Gasteiger charge is 2.11. The third kappa shape index (κ3) is 5.21. The predicted molar refractivity (Wildman–Crippen MR) is 101 cm³/mol. The van der Waals surface area contributed by atoms with Crippen LogP contribution in [-0.4, -0.2) is 31.1 Å². The molecule has 5 nitrogen and oxygen atoms in total. The lowest BCUT2D eigenvalue weighted by Crippen LogP contribution is -2.27. The van der Waals surface area contributed by atoms with E-state index in [0.717, 1.165) is 43.1 Å². The van der Waals surface area contributed by atoms with Crippen LogP contribution in [0.2, 0.25) is 0 Å². The Bertz CT molecular complexity index is 682. The summed E-state index contributed by atoms with van der Waals surface area (Å²) in [5, 5.41) is 2.95. The van der Waals surface area contributed by atoms with Gasteiger partial charge in [0.25, 0.3) is 5.91 Å². The lowest BCUT2D eigenvalue weighted by atomic mass is 10.2. The minimum absolute atomic E-state index is 0.109. The Labute approximate surface area is 150 Å². The Hall–Kier alpha value is -2.56. The summed E-state index contributed by atoms with van der Waals surface area (Å²) in [6, 6.07) is 11.3. The molecule has 0 radical (unpaired) electrons.